The van der Waals surface area contributed by atoms with E-state index in [1.165, 1.54) is 0 Å². The molecule has 0 aliphatic rings. The molecule has 0 saturated heterocycles. The molecule has 0 saturated carbocycles. The number of hydrogen-bond acceptors (Lipinski definition) is 3. The average molecular weight is 315 g/mol. The predicted molar refractivity (Wildman–Crippen MR) is 93.8 cm³/mol. The summed E-state index contributed by atoms with van der Waals surface area (Å²) in [5, 5.41) is 2.29. The summed E-state index contributed by atoms with van der Waals surface area (Å²) in [7, 11) is -2.66. The van der Waals surface area contributed by atoms with Crippen molar-refractivity contribution in [1.82, 2.24) is 0 Å². The van der Waals surface area contributed by atoms with Gasteiger partial charge in [0, 0.05) is 13.2 Å². The average Bonchev–Trinajstić information content (AvgIpc) is 2.60. The summed E-state index contributed by atoms with van der Waals surface area (Å²) in [6.45, 7) is 4.06. The molecule has 0 atom stereocenters. The van der Waals surface area contributed by atoms with Crippen molar-refractivity contribution >= 4 is 18.9 Å². The molecule has 0 spiro atoms. The van der Waals surface area contributed by atoms with Crippen LogP contribution in [-0.2, 0) is 8.85 Å². The molecule has 2 N–H and O–H groups in total. The highest BCUT2D eigenvalue weighted by atomic mass is 28.4. The molecule has 0 unspecified atom stereocenters. The standard InChI is InChI=1S/C18H25NO2Si/c1-2-15-20-22(21-16-9-14-19,17-10-5-3-6-11-17)18-12-7-4-8-13-18/h3-8,10-13H,2,9,14-16,19H2,1H3. The van der Waals surface area contributed by atoms with Gasteiger partial charge in [-0.05, 0) is 29.8 Å². The molecule has 0 bridgehead atoms. The molecule has 2 rings (SSSR count). The summed E-state index contributed by atoms with van der Waals surface area (Å²) in [5.74, 6) is 0. The third-order valence-corrected chi connectivity index (χ3v) is 6.88. The first-order valence-electron chi connectivity index (χ1n) is 7.92. The van der Waals surface area contributed by atoms with E-state index in [1.807, 2.05) is 36.4 Å². The Morgan fingerprint density at radius 1 is 0.818 bits per heavy atom. The van der Waals surface area contributed by atoms with Crippen LogP contribution in [0.1, 0.15) is 19.8 Å². The molecule has 0 amide bonds. The lowest BCUT2D eigenvalue weighted by Gasteiger charge is -2.31. The van der Waals surface area contributed by atoms with Crippen LogP contribution in [0, 0.1) is 0 Å². The van der Waals surface area contributed by atoms with Gasteiger partial charge in [-0.1, -0.05) is 67.6 Å². The van der Waals surface area contributed by atoms with Crippen molar-refractivity contribution in [3.63, 3.8) is 0 Å². The number of hydrogen-bond donors (Lipinski definition) is 1. The maximum Gasteiger partial charge on any atom is 0.407 e. The highest BCUT2D eigenvalue weighted by Gasteiger charge is 2.42. The van der Waals surface area contributed by atoms with E-state index in [4.69, 9.17) is 14.6 Å². The van der Waals surface area contributed by atoms with Gasteiger partial charge in [0.1, 0.15) is 0 Å². The van der Waals surface area contributed by atoms with Crippen LogP contribution < -0.4 is 16.1 Å². The Morgan fingerprint density at radius 2 is 1.32 bits per heavy atom. The van der Waals surface area contributed by atoms with E-state index in [1.54, 1.807) is 0 Å². The van der Waals surface area contributed by atoms with Gasteiger partial charge >= 0.3 is 8.56 Å². The minimum atomic E-state index is -2.66. The molecule has 2 aromatic carbocycles. The van der Waals surface area contributed by atoms with Gasteiger partial charge < -0.3 is 14.6 Å². The van der Waals surface area contributed by atoms with Gasteiger partial charge in [0.25, 0.3) is 0 Å². The molecule has 0 aliphatic carbocycles. The fourth-order valence-electron chi connectivity index (χ4n) is 2.40. The lowest BCUT2D eigenvalue weighted by molar-refractivity contribution is 0.190. The van der Waals surface area contributed by atoms with Crippen LogP contribution in [0.3, 0.4) is 0 Å². The van der Waals surface area contributed by atoms with Gasteiger partial charge in [-0.3, -0.25) is 0 Å². The third-order valence-electron chi connectivity index (χ3n) is 3.47. The Hall–Kier alpha value is -1.46. The quantitative estimate of drug-likeness (QED) is 0.569. The van der Waals surface area contributed by atoms with Gasteiger partial charge in [-0.25, -0.2) is 0 Å². The largest absolute Gasteiger partial charge is 0.407 e. The first kappa shape index (κ1) is 16.9. The first-order valence-corrected chi connectivity index (χ1v) is 9.74. The molecule has 0 heterocycles. The Morgan fingerprint density at radius 3 is 1.77 bits per heavy atom. The Bertz CT molecular complexity index is 494. The van der Waals surface area contributed by atoms with E-state index in [0.717, 1.165) is 23.2 Å². The molecule has 4 heteroatoms. The highest BCUT2D eigenvalue weighted by molar-refractivity contribution is 6.92. The van der Waals surface area contributed by atoms with Gasteiger partial charge in [0.05, 0.1) is 0 Å². The predicted octanol–water partition coefficient (Wildman–Crippen LogP) is 2.03. The van der Waals surface area contributed by atoms with Gasteiger partial charge in [-0.15, -0.1) is 0 Å². The summed E-state index contributed by atoms with van der Waals surface area (Å²) in [6, 6.07) is 20.6. The molecular weight excluding hydrogens is 290 g/mol. The Labute approximate surface area is 134 Å². The van der Waals surface area contributed by atoms with Crippen LogP contribution in [0.5, 0.6) is 0 Å². The second kappa shape index (κ2) is 8.85. The van der Waals surface area contributed by atoms with Crippen molar-refractivity contribution in [2.75, 3.05) is 19.8 Å². The fraction of sp³-hybridized carbons (Fsp3) is 0.333. The van der Waals surface area contributed by atoms with Gasteiger partial charge in [-0.2, -0.15) is 0 Å². The summed E-state index contributed by atoms with van der Waals surface area (Å²) in [5.41, 5.74) is 5.63. The van der Waals surface area contributed by atoms with E-state index in [9.17, 15) is 0 Å². The van der Waals surface area contributed by atoms with Crippen molar-refractivity contribution < 1.29 is 8.85 Å². The third kappa shape index (κ3) is 4.05. The van der Waals surface area contributed by atoms with Crippen LogP contribution in [0.15, 0.2) is 60.7 Å². The normalized spacial score (nSPS) is 11.5. The topological polar surface area (TPSA) is 44.5 Å². The monoisotopic (exact) mass is 315 g/mol. The van der Waals surface area contributed by atoms with E-state index in [-0.39, 0.29) is 0 Å². The second-order valence-corrected chi connectivity index (χ2v) is 8.15. The zero-order chi connectivity index (χ0) is 15.7. The lowest BCUT2D eigenvalue weighted by Crippen LogP contribution is -2.63. The zero-order valence-corrected chi connectivity index (χ0v) is 14.2. The smallest absolute Gasteiger partial charge is 0.388 e. The molecule has 0 aliphatic heterocycles. The highest BCUT2D eigenvalue weighted by Crippen LogP contribution is 2.11. The molecular formula is C18H25NO2Si. The van der Waals surface area contributed by atoms with Crippen LogP contribution in [0.2, 0.25) is 0 Å². The van der Waals surface area contributed by atoms with Crippen LogP contribution in [0.4, 0.5) is 0 Å². The van der Waals surface area contributed by atoms with E-state index >= 15 is 0 Å². The molecule has 22 heavy (non-hydrogen) atoms. The first-order chi connectivity index (χ1) is 10.8. The van der Waals surface area contributed by atoms with Crippen molar-refractivity contribution in [2.24, 2.45) is 5.73 Å². The molecule has 0 aromatic heterocycles. The Kier molecular flexibility index (Phi) is 6.80. The SMILES string of the molecule is CCCO[Si](OCCCN)(c1ccccc1)c1ccccc1. The van der Waals surface area contributed by atoms with Crippen molar-refractivity contribution in [3.05, 3.63) is 60.7 Å². The maximum atomic E-state index is 6.38. The van der Waals surface area contributed by atoms with Gasteiger partial charge in [0.15, 0.2) is 0 Å². The van der Waals surface area contributed by atoms with Crippen molar-refractivity contribution in [3.8, 4) is 0 Å². The summed E-state index contributed by atoms with van der Waals surface area (Å²) >= 11 is 0. The second-order valence-electron chi connectivity index (χ2n) is 5.19. The summed E-state index contributed by atoms with van der Waals surface area (Å²) < 4.78 is 12.8. The molecule has 0 radical (unpaired) electrons. The fourth-order valence-corrected chi connectivity index (χ4v) is 5.67. The molecule has 3 nitrogen and oxygen atoms in total. The lowest BCUT2D eigenvalue weighted by atomic mass is 10.4. The Balaban J connectivity index is 2.43. The minimum absolute atomic E-state index is 0.621. The van der Waals surface area contributed by atoms with Crippen LogP contribution in [-0.4, -0.2) is 28.3 Å². The molecule has 0 fully saturated rings. The van der Waals surface area contributed by atoms with E-state index in [2.05, 4.69) is 31.2 Å². The van der Waals surface area contributed by atoms with E-state index < -0.39 is 8.56 Å². The number of rotatable bonds is 9. The van der Waals surface area contributed by atoms with E-state index in [0.29, 0.717) is 19.8 Å². The number of nitrogens with two attached hydrogens (primary N) is 1. The molecule has 2 aromatic rings. The van der Waals surface area contributed by atoms with Crippen molar-refractivity contribution in [2.45, 2.75) is 19.8 Å². The van der Waals surface area contributed by atoms with Crippen LogP contribution >= 0.6 is 0 Å². The summed E-state index contributed by atoms with van der Waals surface area (Å²) in [6.07, 6.45) is 1.80. The number of benzene rings is 2. The van der Waals surface area contributed by atoms with Crippen LogP contribution in [0.25, 0.3) is 0 Å². The maximum absolute atomic E-state index is 6.38. The molecule has 118 valence electrons. The zero-order valence-electron chi connectivity index (χ0n) is 13.2. The minimum Gasteiger partial charge on any atom is -0.388 e. The van der Waals surface area contributed by atoms with Gasteiger partial charge in [0.2, 0.25) is 0 Å². The van der Waals surface area contributed by atoms with Crippen molar-refractivity contribution in [1.29, 1.82) is 0 Å². The summed E-state index contributed by atoms with van der Waals surface area (Å²) in [4.78, 5) is 0.